The Kier molecular flexibility index (Phi) is 10.7. The van der Waals surface area contributed by atoms with Crippen molar-refractivity contribution in [3.63, 3.8) is 0 Å². The molecule has 0 aromatic carbocycles. The van der Waals surface area contributed by atoms with Crippen molar-refractivity contribution >= 4 is 0 Å². The normalized spacial score (nSPS) is 13.1. The predicted molar refractivity (Wildman–Crippen MR) is 51.2 cm³/mol. The van der Waals surface area contributed by atoms with Gasteiger partial charge in [-0.1, -0.05) is 0 Å². The molecule has 5 nitrogen and oxygen atoms in total. The molecule has 0 spiro atoms. The van der Waals surface area contributed by atoms with Crippen LogP contribution in [0.15, 0.2) is 0 Å². The molecule has 86 valence electrons. The van der Waals surface area contributed by atoms with Crippen molar-refractivity contribution < 1.29 is 24.4 Å². The van der Waals surface area contributed by atoms with Gasteiger partial charge in [-0.3, -0.25) is 0 Å². The summed E-state index contributed by atoms with van der Waals surface area (Å²) in [6.07, 6.45) is -0.0139. The molecule has 0 saturated heterocycles. The maximum atomic E-state index is 8.47. The summed E-state index contributed by atoms with van der Waals surface area (Å²) in [5.41, 5.74) is 0. The van der Waals surface area contributed by atoms with Crippen LogP contribution in [-0.4, -0.2) is 62.6 Å². The van der Waals surface area contributed by atoms with Gasteiger partial charge in [0.05, 0.1) is 52.4 Å². The molecule has 0 aliphatic carbocycles. The Hall–Kier alpha value is -0.200. The number of aliphatic hydroxyl groups excluding tert-OH is 2. The largest absolute Gasteiger partial charge is 0.394 e. The zero-order chi connectivity index (χ0) is 10.6. The second-order valence-electron chi connectivity index (χ2n) is 2.82. The topological polar surface area (TPSA) is 68.2 Å². The molecule has 0 rings (SSSR count). The minimum Gasteiger partial charge on any atom is -0.394 e. The van der Waals surface area contributed by atoms with E-state index in [-0.39, 0.29) is 19.3 Å². The van der Waals surface area contributed by atoms with Crippen LogP contribution in [0.4, 0.5) is 0 Å². The van der Waals surface area contributed by atoms with Crippen molar-refractivity contribution in [3.05, 3.63) is 0 Å². The summed E-state index contributed by atoms with van der Waals surface area (Å²) in [5, 5.41) is 16.9. The summed E-state index contributed by atoms with van der Waals surface area (Å²) in [6, 6.07) is 0. The number of hydrogen-bond acceptors (Lipinski definition) is 5. The van der Waals surface area contributed by atoms with Crippen molar-refractivity contribution in [3.8, 4) is 0 Å². The van der Waals surface area contributed by atoms with Gasteiger partial charge >= 0.3 is 0 Å². The van der Waals surface area contributed by atoms with E-state index in [0.717, 1.165) is 0 Å². The second-order valence-corrected chi connectivity index (χ2v) is 2.82. The predicted octanol–water partition coefficient (Wildman–Crippen LogP) is -0.591. The van der Waals surface area contributed by atoms with E-state index in [1.807, 2.05) is 6.92 Å². The van der Waals surface area contributed by atoms with E-state index in [0.29, 0.717) is 33.0 Å². The molecule has 0 aromatic rings. The number of hydrogen-bond donors (Lipinski definition) is 2. The molecule has 2 N–H and O–H groups in total. The van der Waals surface area contributed by atoms with Gasteiger partial charge in [-0.15, -0.1) is 0 Å². The van der Waals surface area contributed by atoms with Crippen molar-refractivity contribution in [2.75, 3.05) is 46.2 Å². The fourth-order valence-electron chi connectivity index (χ4n) is 0.836. The number of rotatable bonds is 10. The first-order chi connectivity index (χ1) is 6.81. The molecule has 0 radical (unpaired) electrons. The van der Waals surface area contributed by atoms with E-state index < -0.39 is 0 Å². The van der Waals surface area contributed by atoms with Gasteiger partial charge in [-0.05, 0) is 6.92 Å². The van der Waals surface area contributed by atoms with Gasteiger partial charge in [0.2, 0.25) is 0 Å². The third kappa shape index (κ3) is 9.88. The maximum absolute atomic E-state index is 8.47. The van der Waals surface area contributed by atoms with E-state index in [4.69, 9.17) is 24.4 Å². The Morgan fingerprint density at radius 2 is 1.57 bits per heavy atom. The molecule has 0 bridgehead atoms. The minimum atomic E-state index is -0.0139. The first-order valence-corrected chi connectivity index (χ1v) is 4.80. The van der Waals surface area contributed by atoms with Gasteiger partial charge in [-0.2, -0.15) is 0 Å². The zero-order valence-corrected chi connectivity index (χ0v) is 8.65. The standard InChI is InChI=1S/C9H20O5/c1-9(14-5-3-11)8-13-7-6-12-4-2-10/h9-11H,2-8H2,1H3. The zero-order valence-electron chi connectivity index (χ0n) is 8.65. The van der Waals surface area contributed by atoms with Crippen LogP contribution in [0.3, 0.4) is 0 Å². The summed E-state index contributed by atoms with van der Waals surface area (Å²) < 4.78 is 15.4. The Morgan fingerprint density at radius 1 is 0.929 bits per heavy atom. The molecule has 14 heavy (non-hydrogen) atoms. The molecule has 1 unspecified atom stereocenters. The lowest BCUT2D eigenvalue weighted by Gasteiger charge is -2.12. The molecule has 0 aromatic heterocycles. The van der Waals surface area contributed by atoms with Gasteiger partial charge in [0, 0.05) is 0 Å². The highest BCUT2D eigenvalue weighted by atomic mass is 16.6. The van der Waals surface area contributed by atoms with Crippen LogP contribution in [-0.2, 0) is 14.2 Å². The van der Waals surface area contributed by atoms with Gasteiger partial charge in [0.1, 0.15) is 0 Å². The molecule has 0 saturated carbocycles. The highest BCUT2D eigenvalue weighted by Gasteiger charge is 2.00. The third-order valence-corrected chi connectivity index (χ3v) is 1.45. The monoisotopic (exact) mass is 208 g/mol. The average molecular weight is 208 g/mol. The number of aliphatic hydroxyl groups is 2. The molecule has 0 aliphatic heterocycles. The quantitative estimate of drug-likeness (QED) is 0.470. The average Bonchev–Trinajstić information content (AvgIpc) is 2.20. The van der Waals surface area contributed by atoms with Crippen molar-refractivity contribution in [2.45, 2.75) is 13.0 Å². The second kappa shape index (κ2) is 10.9. The van der Waals surface area contributed by atoms with Crippen LogP contribution < -0.4 is 0 Å². The summed E-state index contributed by atoms with van der Waals surface area (Å²) >= 11 is 0. The lowest BCUT2D eigenvalue weighted by atomic mass is 10.4. The summed E-state index contributed by atoms with van der Waals surface area (Å²) in [4.78, 5) is 0. The van der Waals surface area contributed by atoms with E-state index in [9.17, 15) is 0 Å². The molecule has 0 fully saturated rings. The van der Waals surface area contributed by atoms with Crippen LogP contribution in [0.1, 0.15) is 6.92 Å². The van der Waals surface area contributed by atoms with Crippen LogP contribution in [0.5, 0.6) is 0 Å². The lowest BCUT2D eigenvalue weighted by molar-refractivity contribution is -0.0336. The first-order valence-electron chi connectivity index (χ1n) is 4.80. The Morgan fingerprint density at radius 3 is 2.21 bits per heavy atom. The van der Waals surface area contributed by atoms with E-state index in [1.54, 1.807) is 0 Å². The molecule has 0 heterocycles. The Balaban J connectivity index is 3.02. The van der Waals surface area contributed by atoms with Gasteiger partial charge < -0.3 is 24.4 Å². The van der Waals surface area contributed by atoms with Crippen molar-refractivity contribution in [1.29, 1.82) is 0 Å². The van der Waals surface area contributed by atoms with E-state index in [1.165, 1.54) is 0 Å². The first kappa shape index (κ1) is 13.8. The Labute approximate surface area is 84.6 Å². The maximum Gasteiger partial charge on any atom is 0.0781 e. The van der Waals surface area contributed by atoms with E-state index in [2.05, 4.69) is 0 Å². The summed E-state index contributed by atoms with van der Waals surface area (Å²) in [6.45, 7) is 4.10. The van der Waals surface area contributed by atoms with Crippen molar-refractivity contribution in [1.82, 2.24) is 0 Å². The number of ether oxygens (including phenoxy) is 3. The fraction of sp³-hybridized carbons (Fsp3) is 1.00. The van der Waals surface area contributed by atoms with Gasteiger partial charge in [0.15, 0.2) is 0 Å². The molecular weight excluding hydrogens is 188 g/mol. The van der Waals surface area contributed by atoms with Gasteiger partial charge in [0.25, 0.3) is 0 Å². The van der Waals surface area contributed by atoms with Gasteiger partial charge in [-0.25, -0.2) is 0 Å². The van der Waals surface area contributed by atoms with Crippen LogP contribution in [0.25, 0.3) is 0 Å². The SMILES string of the molecule is CC(COCCOCCO)OCCO. The smallest absolute Gasteiger partial charge is 0.0781 e. The molecule has 0 amide bonds. The molecule has 1 atom stereocenters. The molecular formula is C9H20O5. The summed E-state index contributed by atoms with van der Waals surface area (Å²) in [5.74, 6) is 0. The highest BCUT2D eigenvalue weighted by Crippen LogP contribution is 1.91. The van der Waals surface area contributed by atoms with Crippen LogP contribution >= 0.6 is 0 Å². The molecule has 5 heteroatoms. The van der Waals surface area contributed by atoms with Crippen LogP contribution in [0.2, 0.25) is 0 Å². The Bertz CT molecular complexity index is 109. The summed E-state index contributed by atoms with van der Waals surface area (Å²) in [7, 11) is 0. The third-order valence-electron chi connectivity index (χ3n) is 1.45. The molecule has 0 aliphatic rings. The van der Waals surface area contributed by atoms with Crippen molar-refractivity contribution in [2.24, 2.45) is 0 Å². The van der Waals surface area contributed by atoms with E-state index >= 15 is 0 Å². The fourth-order valence-corrected chi connectivity index (χ4v) is 0.836. The highest BCUT2D eigenvalue weighted by molar-refractivity contribution is 4.46. The minimum absolute atomic E-state index is 0.0139. The van der Waals surface area contributed by atoms with Crippen LogP contribution in [0, 0.1) is 0 Å². The lowest BCUT2D eigenvalue weighted by Crippen LogP contribution is -2.19.